The summed E-state index contributed by atoms with van der Waals surface area (Å²) >= 11 is 0. The van der Waals surface area contributed by atoms with Crippen LogP contribution in [0.2, 0.25) is 0 Å². The molecule has 0 aromatic heterocycles. The summed E-state index contributed by atoms with van der Waals surface area (Å²) < 4.78 is 6.19. The molecule has 120 valence electrons. The number of ether oxygens (including phenoxy) is 1. The number of carboxylic acids is 1. The SMILES string of the molecule is O=C(O)C1(C2CCOC3(CCCCC3)C2)CCCCCC1. The average molecular weight is 294 g/mol. The van der Waals surface area contributed by atoms with E-state index in [1.54, 1.807) is 0 Å². The standard InChI is InChI=1S/C18H30O3/c19-16(20)18(11-6-1-2-7-12-18)15-8-13-21-17(14-15)9-4-3-5-10-17/h15H,1-14H2,(H,19,20). The largest absolute Gasteiger partial charge is 0.481 e. The Balaban J connectivity index is 1.80. The molecular formula is C18H30O3. The fourth-order valence-electron chi connectivity index (χ4n) is 5.20. The highest BCUT2D eigenvalue weighted by Crippen LogP contribution is 2.51. The van der Waals surface area contributed by atoms with Crippen LogP contribution in [0.4, 0.5) is 0 Å². The molecule has 3 rings (SSSR count). The number of hydrogen-bond donors (Lipinski definition) is 1. The van der Waals surface area contributed by atoms with Gasteiger partial charge in [0, 0.05) is 6.61 Å². The van der Waals surface area contributed by atoms with E-state index in [9.17, 15) is 9.90 Å². The van der Waals surface area contributed by atoms with Gasteiger partial charge in [-0.25, -0.2) is 0 Å². The van der Waals surface area contributed by atoms with Crippen molar-refractivity contribution < 1.29 is 14.6 Å². The monoisotopic (exact) mass is 294 g/mol. The fraction of sp³-hybridized carbons (Fsp3) is 0.944. The van der Waals surface area contributed by atoms with E-state index in [0.29, 0.717) is 5.92 Å². The van der Waals surface area contributed by atoms with Gasteiger partial charge < -0.3 is 9.84 Å². The zero-order valence-corrected chi connectivity index (χ0v) is 13.2. The minimum atomic E-state index is -0.526. The molecule has 0 aromatic carbocycles. The van der Waals surface area contributed by atoms with Gasteiger partial charge >= 0.3 is 5.97 Å². The van der Waals surface area contributed by atoms with E-state index in [1.165, 1.54) is 32.1 Å². The van der Waals surface area contributed by atoms with Gasteiger partial charge in [-0.15, -0.1) is 0 Å². The molecule has 3 fully saturated rings. The topological polar surface area (TPSA) is 46.5 Å². The normalized spacial score (nSPS) is 32.5. The van der Waals surface area contributed by atoms with Crippen molar-refractivity contribution in [2.24, 2.45) is 11.3 Å². The summed E-state index contributed by atoms with van der Waals surface area (Å²) in [6, 6.07) is 0. The molecule has 3 nitrogen and oxygen atoms in total. The molecule has 1 saturated heterocycles. The van der Waals surface area contributed by atoms with Crippen molar-refractivity contribution in [1.82, 2.24) is 0 Å². The Morgan fingerprint density at radius 1 is 0.905 bits per heavy atom. The summed E-state index contributed by atoms with van der Waals surface area (Å²) in [7, 11) is 0. The van der Waals surface area contributed by atoms with E-state index >= 15 is 0 Å². The van der Waals surface area contributed by atoms with Crippen LogP contribution in [0.3, 0.4) is 0 Å². The third-order valence-electron chi connectivity index (χ3n) is 6.46. The third kappa shape index (κ3) is 2.99. The van der Waals surface area contributed by atoms with E-state index in [1.807, 2.05) is 0 Å². The van der Waals surface area contributed by atoms with Gasteiger partial charge in [-0.3, -0.25) is 4.79 Å². The molecular weight excluding hydrogens is 264 g/mol. The molecule has 1 spiro atoms. The third-order valence-corrected chi connectivity index (χ3v) is 6.46. The van der Waals surface area contributed by atoms with Gasteiger partial charge in [-0.2, -0.15) is 0 Å². The highest BCUT2D eigenvalue weighted by atomic mass is 16.5. The zero-order chi connectivity index (χ0) is 14.8. The summed E-state index contributed by atoms with van der Waals surface area (Å²) in [6.07, 6.45) is 14.5. The van der Waals surface area contributed by atoms with Crippen molar-refractivity contribution in [3.05, 3.63) is 0 Å². The molecule has 1 atom stereocenters. The second kappa shape index (κ2) is 6.28. The molecule has 1 N–H and O–H groups in total. The van der Waals surface area contributed by atoms with Gasteiger partial charge in [0.1, 0.15) is 0 Å². The highest BCUT2D eigenvalue weighted by Gasteiger charge is 2.50. The Hall–Kier alpha value is -0.570. The lowest BCUT2D eigenvalue weighted by Gasteiger charge is -2.48. The maximum atomic E-state index is 12.2. The summed E-state index contributed by atoms with van der Waals surface area (Å²) in [5, 5.41) is 10.0. The van der Waals surface area contributed by atoms with Crippen LogP contribution in [-0.4, -0.2) is 23.3 Å². The number of rotatable bonds is 2. The smallest absolute Gasteiger partial charge is 0.309 e. The van der Waals surface area contributed by atoms with Crippen LogP contribution in [-0.2, 0) is 9.53 Å². The zero-order valence-electron chi connectivity index (χ0n) is 13.2. The van der Waals surface area contributed by atoms with E-state index in [0.717, 1.165) is 58.0 Å². The summed E-state index contributed by atoms with van der Waals surface area (Å²) in [5.41, 5.74) is -0.430. The quantitative estimate of drug-likeness (QED) is 0.760. The first-order valence-corrected chi connectivity index (χ1v) is 9.04. The van der Waals surface area contributed by atoms with Crippen LogP contribution in [0, 0.1) is 11.3 Å². The predicted octanol–water partition coefficient (Wildman–Crippen LogP) is 4.54. The van der Waals surface area contributed by atoms with Gasteiger partial charge in [0.05, 0.1) is 11.0 Å². The van der Waals surface area contributed by atoms with Crippen molar-refractivity contribution >= 4 is 5.97 Å². The second-order valence-corrected chi connectivity index (χ2v) is 7.66. The van der Waals surface area contributed by atoms with Crippen LogP contribution >= 0.6 is 0 Å². The molecule has 0 amide bonds. The molecule has 21 heavy (non-hydrogen) atoms. The number of carboxylic acid groups (broad SMARTS) is 1. The Bertz CT molecular complexity index is 357. The second-order valence-electron chi connectivity index (χ2n) is 7.66. The lowest BCUT2D eigenvalue weighted by Crippen LogP contribution is -2.49. The fourth-order valence-corrected chi connectivity index (χ4v) is 5.20. The molecule has 2 aliphatic carbocycles. The van der Waals surface area contributed by atoms with E-state index in [-0.39, 0.29) is 5.60 Å². The first kappa shape index (κ1) is 15.3. The molecule has 3 heteroatoms. The molecule has 0 radical (unpaired) electrons. The van der Waals surface area contributed by atoms with Gasteiger partial charge in [0.15, 0.2) is 0 Å². The minimum Gasteiger partial charge on any atom is -0.481 e. The maximum absolute atomic E-state index is 12.2. The minimum absolute atomic E-state index is 0.0237. The molecule has 1 aliphatic heterocycles. The van der Waals surface area contributed by atoms with Gasteiger partial charge in [0.25, 0.3) is 0 Å². The Labute approximate surface area is 128 Å². The van der Waals surface area contributed by atoms with Crippen LogP contribution < -0.4 is 0 Å². The van der Waals surface area contributed by atoms with Crippen molar-refractivity contribution in [3.63, 3.8) is 0 Å². The Kier molecular flexibility index (Phi) is 4.58. The van der Waals surface area contributed by atoms with Crippen molar-refractivity contribution in [2.75, 3.05) is 6.61 Å². The molecule has 1 heterocycles. The first-order chi connectivity index (χ1) is 10.2. The number of carbonyl (C=O) groups is 1. The molecule has 1 unspecified atom stereocenters. The molecule has 3 aliphatic rings. The number of aliphatic carboxylic acids is 1. The number of hydrogen-bond acceptors (Lipinski definition) is 2. The van der Waals surface area contributed by atoms with Crippen molar-refractivity contribution in [1.29, 1.82) is 0 Å². The van der Waals surface area contributed by atoms with Crippen molar-refractivity contribution in [3.8, 4) is 0 Å². The lowest BCUT2D eigenvalue weighted by molar-refractivity contribution is -0.169. The summed E-state index contributed by atoms with van der Waals surface area (Å²) in [6.45, 7) is 0.777. The molecule has 0 bridgehead atoms. The van der Waals surface area contributed by atoms with Crippen LogP contribution in [0.15, 0.2) is 0 Å². The van der Waals surface area contributed by atoms with Gasteiger partial charge in [-0.1, -0.05) is 44.9 Å². The maximum Gasteiger partial charge on any atom is 0.309 e. The average Bonchev–Trinajstić information content (AvgIpc) is 2.75. The highest BCUT2D eigenvalue weighted by molar-refractivity contribution is 5.75. The molecule has 0 aromatic rings. The Morgan fingerprint density at radius 2 is 1.48 bits per heavy atom. The van der Waals surface area contributed by atoms with Gasteiger partial charge in [0.2, 0.25) is 0 Å². The van der Waals surface area contributed by atoms with E-state index < -0.39 is 11.4 Å². The summed E-state index contributed by atoms with van der Waals surface area (Å²) in [4.78, 5) is 12.2. The van der Waals surface area contributed by atoms with E-state index in [4.69, 9.17) is 4.74 Å². The lowest BCUT2D eigenvalue weighted by atomic mass is 9.62. The van der Waals surface area contributed by atoms with Crippen LogP contribution in [0.5, 0.6) is 0 Å². The van der Waals surface area contributed by atoms with Crippen molar-refractivity contribution in [2.45, 2.75) is 89.1 Å². The predicted molar refractivity (Wildman–Crippen MR) is 82.3 cm³/mol. The van der Waals surface area contributed by atoms with Gasteiger partial charge in [-0.05, 0) is 44.4 Å². The molecule has 2 saturated carbocycles. The first-order valence-electron chi connectivity index (χ1n) is 9.04. The van der Waals surface area contributed by atoms with Crippen LogP contribution in [0.1, 0.15) is 83.5 Å². The summed E-state index contributed by atoms with van der Waals surface area (Å²) in [5.74, 6) is -0.192. The van der Waals surface area contributed by atoms with E-state index in [2.05, 4.69) is 0 Å². The van der Waals surface area contributed by atoms with Crippen LogP contribution in [0.25, 0.3) is 0 Å². The Morgan fingerprint density at radius 3 is 2.10 bits per heavy atom.